The lowest BCUT2D eigenvalue weighted by Crippen LogP contribution is -2.47. The normalized spacial score (nSPS) is 16.4. The molecule has 1 N–H and O–H groups in total. The van der Waals surface area contributed by atoms with Crippen LogP contribution in [-0.4, -0.2) is 48.8 Å². The van der Waals surface area contributed by atoms with E-state index < -0.39 is 0 Å². The molecule has 3 heterocycles. The SMILES string of the molecule is CO[C@H](CNC(=O)N1CCC(Oc2cccnc2)CC1)c1cccs1. The zero-order valence-electron chi connectivity index (χ0n) is 14.3. The second-order valence-corrected chi connectivity index (χ2v) is 6.90. The quantitative estimate of drug-likeness (QED) is 0.859. The molecule has 1 aliphatic heterocycles. The van der Waals surface area contributed by atoms with Gasteiger partial charge in [-0.2, -0.15) is 0 Å². The van der Waals surface area contributed by atoms with E-state index in [0.29, 0.717) is 19.6 Å². The van der Waals surface area contributed by atoms with Crippen LogP contribution < -0.4 is 10.1 Å². The highest BCUT2D eigenvalue weighted by Crippen LogP contribution is 2.21. The van der Waals surface area contributed by atoms with E-state index in [2.05, 4.69) is 10.3 Å². The molecule has 0 unspecified atom stereocenters. The van der Waals surface area contributed by atoms with Crippen molar-refractivity contribution in [2.75, 3.05) is 26.7 Å². The summed E-state index contributed by atoms with van der Waals surface area (Å²) in [6.07, 6.45) is 5.11. The topological polar surface area (TPSA) is 63.7 Å². The van der Waals surface area contributed by atoms with Gasteiger partial charge in [-0.15, -0.1) is 11.3 Å². The zero-order valence-corrected chi connectivity index (χ0v) is 15.1. The summed E-state index contributed by atoms with van der Waals surface area (Å²) < 4.78 is 11.4. The number of carbonyl (C=O) groups is 1. The van der Waals surface area contributed by atoms with Crippen LogP contribution in [0.1, 0.15) is 23.8 Å². The van der Waals surface area contributed by atoms with Gasteiger partial charge in [0, 0.05) is 44.1 Å². The summed E-state index contributed by atoms with van der Waals surface area (Å²) in [5.41, 5.74) is 0. The van der Waals surface area contributed by atoms with E-state index in [9.17, 15) is 4.79 Å². The van der Waals surface area contributed by atoms with E-state index in [1.807, 2.05) is 34.5 Å². The third kappa shape index (κ3) is 4.93. The Balaban J connectivity index is 1.42. The van der Waals surface area contributed by atoms with Crippen LogP contribution in [0.3, 0.4) is 0 Å². The third-order valence-electron chi connectivity index (χ3n) is 4.25. The van der Waals surface area contributed by atoms with Gasteiger partial charge in [-0.3, -0.25) is 4.98 Å². The number of nitrogens with zero attached hydrogens (tertiary/aromatic N) is 2. The van der Waals surface area contributed by atoms with Crippen molar-refractivity contribution in [3.05, 3.63) is 46.9 Å². The summed E-state index contributed by atoms with van der Waals surface area (Å²) >= 11 is 1.63. The molecule has 6 nitrogen and oxygen atoms in total. The summed E-state index contributed by atoms with van der Waals surface area (Å²) in [5.74, 6) is 0.782. The molecule has 2 aromatic heterocycles. The molecule has 1 atom stereocenters. The molecular formula is C18H23N3O3S. The van der Waals surface area contributed by atoms with Gasteiger partial charge in [0.25, 0.3) is 0 Å². The van der Waals surface area contributed by atoms with Crippen molar-refractivity contribution in [1.82, 2.24) is 15.2 Å². The summed E-state index contributed by atoms with van der Waals surface area (Å²) in [6, 6.07) is 7.73. The first-order valence-corrected chi connectivity index (χ1v) is 9.30. The van der Waals surface area contributed by atoms with Crippen LogP contribution in [-0.2, 0) is 4.74 Å². The van der Waals surface area contributed by atoms with Gasteiger partial charge in [-0.05, 0) is 23.6 Å². The predicted octanol–water partition coefficient (Wildman–Crippen LogP) is 3.08. The lowest BCUT2D eigenvalue weighted by molar-refractivity contribution is 0.0947. The Morgan fingerprint density at radius 3 is 2.88 bits per heavy atom. The van der Waals surface area contributed by atoms with Crippen molar-refractivity contribution in [3.63, 3.8) is 0 Å². The number of likely N-dealkylation sites (tertiary alicyclic amines) is 1. The Kier molecular flexibility index (Phi) is 6.25. The monoisotopic (exact) mass is 361 g/mol. The van der Waals surface area contributed by atoms with Gasteiger partial charge in [-0.25, -0.2) is 4.79 Å². The van der Waals surface area contributed by atoms with E-state index in [-0.39, 0.29) is 18.2 Å². The van der Waals surface area contributed by atoms with Crippen molar-refractivity contribution < 1.29 is 14.3 Å². The first-order chi connectivity index (χ1) is 12.3. The lowest BCUT2D eigenvalue weighted by atomic mass is 10.1. The molecule has 134 valence electrons. The van der Waals surface area contributed by atoms with Crippen molar-refractivity contribution in [1.29, 1.82) is 0 Å². The summed E-state index contributed by atoms with van der Waals surface area (Å²) in [7, 11) is 1.66. The van der Waals surface area contributed by atoms with E-state index in [0.717, 1.165) is 23.5 Å². The molecule has 0 spiro atoms. The predicted molar refractivity (Wildman–Crippen MR) is 96.9 cm³/mol. The number of methoxy groups -OCH3 is 1. The zero-order chi connectivity index (χ0) is 17.5. The van der Waals surface area contributed by atoms with Crippen LogP contribution >= 0.6 is 11.3 Å². The molecule has 2 aromatic rings. The van der Waals surface area contributed by atoms with Gasteiger partial charge in [0.15, 0.2) is 0 Å². The van der Waals surface area contributed by atoms with Gasteiger partial charge in [0.1, 0.15) is 18.0 Å². The molecule has 7 heteroatoms. The number of amides is 2. The smallest absolute Gasteiger partial charge is 0.317 e. The fourth-order valence-electron chi connectivity index (χ4n) is 2.85. The standard InChI is InChI=1S/C18H23N3O3S/c1-23-16(17-5-3-11-25-17)13-20-18(22)21-9-6-14(7-10-21)24-15-4-2-8-19-12-15/h2-5,8,11-12,14,16H,6-7,9-10,13H2,1H3,(H,20,22)/t16-/m1/s1. The highest BCUT2D eigenvalue weighted by atomic mass is 32.1. The van der Waals surface area contributed by atoms with Gasteiger partial charge in [0.2, 0.25) is 0 Å². The fourth-order valence-corrected chi connectivity index (χ4v) is 3.66. The van der Waals surface area contributed by atoms with Crippen LogP contribution in [0.4, 0.5) is 4.79 Å². The number of hydrogen-bond donors (Lipinski definition) is 1. The fraction of sp³-hybridized carbons (Fsp3) is 0.444. The molecule has 1 aliphatic rings. The Hall–Kier alpha value is -2.12. The molecule has 1 fully saturated rings. The molecular weight excluding hydrogens is 338 g/mol. The number of aromatic nitrogens is 1. The van der Waals surface area contributed by atoms with E-state index in [1.165, 1.54) is 0 Å². The van der Waals surface area contributed by atoms with Crippen LogP contribution in [0.2, 0.25) is 0 Å². The number of carbonyl (C=O) groups excluding carboxylic acids is 1. The molecule has 0 radical (unpaired) electrons. The van der Waals surface area contributed by atoms with Gasteiger partial charge in [0.05, 0.1) is 12.7 Å². The van der Waals surface area contributed by atoms with Crippen molar-refractivity contribution >= 4 is 17.4 Å². The highest BCUT2D eigenvalue weighted by Gasteiger charge is 2.24. The van der Waals surface area contributed by atoms with Crippen molar-refractivity contribution in [2.45, 2.75) is 25.0 Å². The number of thiophene rings is 1. The maximum absolute atomic E-state index is 12.4. The number of ether oxygens (including phenoxy) is 2. The number of piperidine rings is 1. The second-order valence-electron chi connectivity index (χ2n) is 5.92. The van der Waals surface area contributed by atoms with Gasteiger partial charge < -0.3 is 19.7 Å². The first kappa shape index (κ1) is 17.7. The Labute approximate surface area is 151 Å². The Bertz CT molecular complexity index is 643. The molecule has 0 saturated carbocycles. The number of hydrogen-bond acceptors (Lipinski definition) is 5. The molecule has 3 rings (SSSR count). The molecule has 0 bridgehead atoms. The maximum atomic E-state index is 12.4. The molecule has 0 aliphatic carbocycles. The highest BCUT2D eigenvalue weighted by molar-refractivity contribution is 7.10. The molecule has 25 heavy (non-hydrogen) atoms. The number of nitrogens with one attached hydrogen (secondary N) is 1. The summed E-state index contributed by atoms with van der Waals surface area (Å²) in [5, 5.41) is 4.98. The minimum Gasteiger partial charge on any atom is -0.489 e. The van der Waals surface area contributed by atoms with Crippen molar-refractivity contribution in [2.24, 2.45) is 0 Å². The number of pyridine rings is 1. The largest absolute Gasteiger partial charge is 0.489 e. The minimum atomic E-state index is -0.101. The molecule has 0 aromatic carbocycles. The third-order valence-corrected chi connectivity index (χ3v) is 5.21. The summed E-state index contributed by atoms with van der Waals surface area (Å²) in [6.45, 7) is 1.85. The number of urea groups is 1. The maximum Gasteiger partial charge on any atom is 0.317 e. The average molecular weight is 361 g/mol. The Morgan fingerprint density at radius 2 is 2.24 bits per heavy atom. The van der Waals surface area contributed by atoms with Gasteiger partial charge >= 0.3 is 6.03 Å². The Morgan fingerprint density at radius 1 is 1.40 bits per heavy atom. The lowest BCUT2D eigenvalue weighted by Gasteiger charge is -2.32. The van der Waals surface area contributed by atoms with E-state index >= 15 is 0 Å². The van der Waals surface area contributed by atoms with Crippen LogP contribution in [0, 0.1) is 0 Å². The summed E-state index contributed by atoms with van der Waals surface area (Å²) in [4.78, 5) is 19.4. The van der Waals surface area contributed by atoms with Crippen LogP contribution in [0.25, 0.3) is 0 Å². The number of rotatable bonds is 6. The van der Waals surface area contributed by atoms with Crippen molar-refractivity contribution in [3.8, 4) is 5.75 Å². The molecule has 1 saturated heterocycles. The van der Waals surface area contributed by atoms with Crippen LogP contribution in [0.15, 0.2) is 42.0 Å². The minimum absolute atomic E-state index is 0.0431. The molecule has 2 amide bonds. The van der Waals surface area contributed by atoms with Crippen LogP contribution in [0.5, 0.6) is 5.75 Å². The first-order valence-electron chi connectivity index (χ1n) is 8.42. The van der Waals surface area contributed by atoms with E-state index in [1.54, 1.807) is 30.8 Å². The van der Waals surface area contributed by atoms with Gasteiger partial charge in [-0.1, -0.05) is 6.07 Å². The van der Waals surface area contributed by atoms with E-state index in [4.69, 9.17) is 9.47 Å². The average Bonchev–Trinajstić information content (AvgIpc) is 3.18. The second kappa shape index (κ2) is 8.82.